The Labute approximate surface area is 195 Å². The Balaban J connectivity index is 1.71. The van der Waals surface area contributed by atoms with Crippen LogP contribution in [0.2, 0.25) is 0 Å². The molecular formula is C29H39N3. The van der Waals surface area contributed by atoms with Crippen molar-refractivity contribution in [2.24, 2.45) is 0 Å². The molecule has 3 heteroatoms. The molecule has 0 amide bonds. The van der Waals surface area contributed by atoms with Gasteiger partial charge in [0.1, 0.15) is 0 Å². The van der Waals surface area contributed by atoms with Crippen LogP contribution in [0.4, 0.5) is 22.7 Å². The van der Waals surface area contributed by atoms with Crippen LogP contribution in [-0.4, -0.2) is 26.2 Å². The van der Waals surface area contributed by atoms with Gasteiger partial charge in [0, 0.05) is 48.9 Å². The van der Waals surface area contributed by atoms with Crippen LogP contribution in [0, 0.1) is 6.92 Å². The number of anilines is 4. The molecule has 0 bridgehead atoms. The highest BCUT2D eigenvalue weighted by Gasteiger charge is 2.12. The first kappa shape index (κ1) is 23.7. The third-order valence-corrected chi connectivity index (χ3v) is 6.28. The van der Waals surface area contributed by atoms with Gasteiger partial charge in [-0.1, -0.05) is 35.9 Å². The quantitative estimate of drug-likeness (QED) is 0.347. The second-order valence-electron chi connectivity index (χ2n) is 8.35. The normalized spacial score (nSPS) is 10.8. The molecule has 32 heavy (non-hydrogen) atoms. The minimum atomic E-state index is 1.03. The number of hydrogen-bond donors (Lipinski definition) is 1. The van der Waals surface area contributed by atoms with E-state index in [0.29, 0.717) is 0 Å². The maximum Gasteiger partial charge on any atom is 0.0419 e. The molecule has 1 N–H and O–H groups in total. The number of rotatable bonds is 11. The molecule has 170 valence electrons. The molecule has 0 saturated heterocycles. The molecule has 0 spiro atoms. The maximum absolute atomic E-state index is 3.49. The molecule has 0 aliphatic heterocycles. The fourth-order valence-electron chi connectivity index (χ4n) is 4.25. The zero-order chi connectivity index (χ0) is 22.9. The molecule has 3 aromatic rings. The van der Waals surface area contributed by atoms with Crippen LogP contribution in [0.1, 0.15) is 44.4 Å². The van der Waals surface area contributed by atoms with E-state index in [1.54, 1.807) is 0 Å². The van der Waals surface area contributed by atoms with Crippen LogP contribution in [0.25, 0.3) is 0 Å². The van der Waals surface area contributed by atoms with Crippen molar-refractivity contribution in [1.82, 2.24) is 0 Å². The Bertz CT molecular complexity index is 953. The average Bonchev–Trinajstić information content (AvgIpc) is 2.82. The Kier molecular flexibility index (Phi) is 8.61. The smallest absolute Gasteiger partial charge is 0.0419 e. The van der Waals surface area contributed by atoms with E-state index >= 15 is 0 Å². The standard InChI is InChI=1S/C29H39N3/c1-6-31(7-2)28-21-16-25(29(22-28)32(8-3)9-4)15-12-24-13-19-27(20-14-24)30-26-17-10-23(5)11-18-26/h10-11,13-14,16-22,30H,6-9,12,15H2,1-5H3. The largest absolute Gasteiger partial charge is 0.372 e. The van der Waals surface area contributed by atoms with Gasteiger partial charge in [0.05, 0.1) is 0 Å². The van der Waals surface area contributed by atoms with Gasteiger partial charge in [0.25, 0.3) is 0 Å². The van der Waals surface area contributed by atoms with Crippen molar-refractivity contribution in [3.05, 3.63) is 83.4 Å². The molecule has 0 aliphatic carbocycles. The number of benzene rings is 3. The van der Waals surface area contributed by atoms with Crippen molar-refractivity contribution < 1.29 is 0 Å². The van der Waals surface area contributed by atoms with Crippen molar-refractivity contribution in [3.8, 4) is 0 Å². The molecular weight excluding hydrogens is 390 g/mol. The molecule has 3 rings (SSSR count). The van der Waals surface area contributed by atoms with E-state index in [0.717, 1.165) is 50.4 Å². The lowest BCUT2D eigenvalue weighted by Crippen LogP contribution is -2.25. The van der Waals surface area contributed by atoms with E-state index in [9.17, 15) is 0 Å². The van der Waals surface area contributed by atoms with Gasteiger partial charge in [0.2, 0.25) is 0 Å². The lowest BCUT2D eigenvalue weighted by molar-refractivity contribution is 0.837. The first-order valence-electron chi connectivity index (χ1n) is 12.1. The Morgan fingerprint density at radius 1 is 0.625 bits per heavy atom. The van der Waals surface area contributed by atoms with Gasteiger partial charge < -0.3 is 15.1 Å². The molecule has 3 aromatic carbocycles. The third-order valence-electron chi connectivity index (χ3n) is 6.28. The zero-order valence-corrected chi connectivity index (χ0v) is 20.5. The molecule has 0 fully saturated rings. The molecule has 0 saturated carbocycles. The molecule has 0 atom stereocenters. The van der Waals surface area contributed by atoms with Crippen LogP contribution < -0.4 is 15.1 Å². The van der Waals surface area contributed by atoms with Gasteiger partial charge in [0.15, 0.2) is 0 Å². The highest BCUT2D eigenvalue weighted by molar-refractivity contribution is 5.64. The maximum atomic E-state index is 3.49. The van der Waals surface area contributed by atoms with Gasteiger partial charge in [-0.05, 0) is 95.0 Å². The minimum Gasteiger partial charge on any atom is -0.372 e. The van der Waals surface area contributed by atoms with Gasteiger partial charge in [-0.3, -0.25) is 0 Å². The number of nitrogens with one attached hydrogen (secondary N) is 1. The summed E-state index contributed by atoms with van der Waals surface area (Å²) in [6.07, 6.45) is 2.10. The topological polar surface area (TPSA) is 18.5 Å². The van der Waals surface area contributed by atoms with Crippen LogP contribution in [0.15, 0.2) is 66.7 Å². The fraction of sp³-hybridized carbons (Fsp3) is 0.379. The van der Waals surface area contributed by atoms with Crippen LogP contribution in [-0.2, 0) is 12.8 Å². The lowest BCUT2D eigenvalue weighted by atomic mass is 10.0. The highest BCUT2D eigenvalue weighted by atomic mass is 15.1. The van der Waals surface area contributed by atoms with E-state index in [1.807, 2.05) is 0 Å². The molecule has 0 aliphatic rings. The fourth-order valence-corrected chi connectivity index (χ4v) is 4.25. The zero-order valence-electron chi connectivity index (χ0n) is 20.5. The van der Waals surface area contributed by atoms with Crippen molar-refractivity contribution in [3.63, 3.8) is 0 Å². The van der Waals surface area contributed by atoms with E-state index in [-0.39, 0.29) is 0 Å². The monoisotopic (exact) mass is 429 g/mol. The van der Waals surface area contributed by atoms with Gasteiger partial charge in [-0.2, -0.15) is 0 Å². The summed E-state index contributed by atoms with van der Waals surface area (Å²) < 4.78 is 0. The predicted octanol–water partition coefficient (Wildman–Crippen LogP) is 7.22. The van der Waals surface area contributed by atoms with Crippen LogP contribution >= 0.6 is 0 Å². The minimum absolute atomic E-state index is 1.03. The van der Waals surface area contributed by atoms with Crippen molar-refractivity contribution >= 4 is 22.7 Å². The van der Waals surface area contributed by atoms with Crippen LogP contribution in [0.3, 0.4) is 0 Å². The number of hydrogen-bond acceptors (Lipinski definition) is 3. The summed E-state index contributed by atoms with van der Waals surface area (Å²) in [6, 6.07) is 24.4. The summed E-state index contributed by atoms with van der Waals surface area (Å²) in [5.74, 6) is 0. The summed E-state index contributed by atoms with van der Waals surface area (Å²) in [6.45, 7) is 15.2. The summed E-state index contributed by atoms with van der Waals surface area (Å²) >= 11 is 0. The first-order valence-corrected chi connectivity index (χ1v) is 12.1. The first-order chi connectivity index (χ1) is 15.6. The molecule has 0 heterocycles. The average molecular weight is 430 g/mol. The predicted molar refractivity (Wildman–Crippen MR) is 142 cm³/mol. The Hall–Kier alpha value is -2.94. The van der Waals surface area contributed by atoms with E-state index in [1.165, 1.54) is 28.1 Å². The summed E-state index contributed by atoms with van der Waals surface area (Å²) in [7, 11) is 0. The summed E-state index contributed by atoms with van der Waals surface area (Å²) in [5, 5.41) is 3.49. The van der Waals surface area contributed by atoms with Crippen molar-refractivity contribution in [1.29, 1.82) is 0 Å². The van der Waals surface area contributed by atoms with E-state index in [2.05, 4.69) is 116 Å². The second-order valence-corrected chi connectivity index (χ2v) is 8.35. The van der Waals surface area contributed by atoms with Crippen LogP contribution in [0.5, 0.6) is 0 Å². The highest BCUT2D eigenvalue weighted by Crippen LogP contribution is 2.28. The summed E-state index contributed by atoms with van der Waals surface area (Å²) in [5.41, 5.74) is 9.05. The van der Waals surface area contributed by atoms with Crippen molar-refractivity contribution in [2.45, 2.75) is 47.5 Å². The molecule has 0 unspecified atom stereocenters. The van der Waals surface area contributed by atoms with Gasteiger partial charge in [-0.25, -0.2) is 0 Å². The second kappa shape index (κ2) is 11.6. The lowest BCUT2D eigenvalue weighted by Gasteiger charge is -2.28. The Morgan fingerprint density at radius 3 is 1.75 bits per heavy atom. The third kappa shape index (κ3) is 6.06. The van der Waals surface area contributed by atoms with Gasteiger partial charge in [-0.15, -0.1) is 0 Å². The Morgan fingerprint density at radius 2 is 1.19 bits per heavy atom. The molecule has 0 radical (unpaired) electrons. The van der Waals surface area contributed by atoms with Gasteiger partial charge >= 0.3 is 0 Å². The van der Waals surface area contributed by atoms with Crippen molar-refractivity contribution in [2.75, 3.05) is 41.3 Å². The number of aryl methyl sites for hydroxylation is 3. The van der Waals surface area contributed by atoms with E-state index < -0.39 is 0 Å². The van der Waals surface area contributed by atoms with E-state index in [4.69, 9.17) is 0 Å². The molecule has 3 nitrogen and oxygen atoms in total. The SMILES string of the molecule is CCN(CC)c1ccc(CCc2ccc(Nc3ccc(C)cc3)cc2)c(N(CC)CC)c1. The summed E-state index contributed by atoms with van der Waals surface area (Å²) in [4.78, 5) is 4.91. The molecule has 0 aromatic heterocycles. The number of nitrogens with zero attached hydrogens (tertiary/aromatic N) is 2.